The van der Waals surface area contributed by atoms with Crippen LogP contribution in [0.4, 0.5) is 0 Å². The zero-order chi connectivity index (χ0) is 8.55. The summed E-state index contributed by atoms with van der Waals surface area (Å²) in [5.41, 5.74) is 0.569. The van der Waals surface area contributed by atoms with Crippen molar-refractivity contribution >= 4 is 15.5 Å². The first-order valence-electron chi connectivity index (χ1n) is 3.48. The van der Waals surface area contributed by atoms with Crippen molar-refractivity contribution in [3.63, 3.8) is 0 Å². The van der Waals surface area contributed by atoms with Gasteiger partial charge in [-0.2, -0.15) is 0 Å². The van der Waals surface area contributed by atoms with Crippen LogP contribution in [-0.4, -0.2) is 10.1 Å². The molecule has 3 heteroatoms. The second-order valence-electron chi connectivity index (χ2n) is 2.44. The van der Waals surface area contributed by atoms with Gasteiger partial charge in [-0.1, -0.05) is 0 Å². The molecular weight excluding hydrogens is 202 g/mol. The number of nitrogens with zero attached hydrogens (tertiary/aromatic N) is 1. The van der Waals surface area contributed by atoms with Crippen molar-refractivity contribution in [2.24, 2.45) is 0 Å². The molecule has 1 N–H and O–H groups in total. The van der Waals surface area contributed by atoms with E-state index in [1.54, 1.807) is 18.2 Å². The van der Waals surface area contributed by atoms with E-state index in [2.05, 4.69) is 4.98 Å². The average Bonchev–Trinajstić information content (AvgIpc) is 2.07. The normalized spacial score (nSPS) is 10.5. The van der Waals surface area contributed by atoms with Crippen LogP contribution in [0, 0.1) is 0 Å². The molecule has 0 aliphatic carbocycles. The Morgan fingerprint density at radius 1 is 1.17 bits per heavy atom. The number of para-hydroxylation sites is 1. The Hall–Kier alpha value is -1.05. The fraction of sp³-hybridized carbons (Fsp3) is 0. The Morgan fingerprint density at radius 3 is 2.83 bits per heavy atom. The van der Waals surface area contributed by atoms with Crippen LogP contribution in [0.3, 0.4) is 0 Å². The van der Waals surface area contributed by atoms with Crippen LogP contribution in [0.25, 0.3) is 10.9 Å². The van der Waals surface area contributed by atoms with E-state index in [0.29, 0.717) is 10.1 Å². The third-order valence-electron chi connectivity index (χ3n) is 1.64. The van der Waals surface area contributed by atoms with E-state index < -0.39 is 0 Å². The Balaban J connectivity index is 2.88. The molecule has 2 aromatic rings. The molecule has 0 saturated heterocycles. The van der Waals surface area contributed by atoms with Gasteiger partial charge >= 0.3 is 77.7 Å². The molecule has 64 valence electrons. The molecular formula is C9H6CuNO. The third-order valence-corrected chi connectivity index (χ3v) is 1.91. The zero-order valence-electron chi connectivity index (χ0n) is 6.08. The summed E-state index contributed by atoms with van der Waals surface area (Å²) in [5, 5.41) is 10.3. The zero-order valence-corrected chi connectivity index (χ0v) is 7.02. The Kier molecular flexibility index (Phi) is 1.75. The number of pyridine rings is 1. The summed E-state index contributed by atoms with van der Waals surface area (Å²) in [6.07, 6.45) is 0. The van der Waals surface area contributed by atoms with Crippen LogP contribution in [0.1, 0.15) is 0 Å². The number of phenols is 1. The number of hydrogen-bond donors (Lipinski definition) is 1. The summed E-state index contributed by atoms with van der Waals surface area (Å²) < 4.78 is 0.483. The van der Waals surface area contributed by atoms with Gasteiger partial charge in [0.1, 0.15) is 0 Å². The van der Waals surface area contributed by atoms with Crippen molar-refractivity contribution in [3.8, 4) is 5.75 Å². The first kappa shape index (κ1) is 7.59. The summed E-state index contributed by atoms with van der Waals surface area (Å²) >= 11 is 5.03. The summed E-state index contributed by atoms with van der Waals surface area (Å²) in [5.74, 6) is 0.176. The van der Waals surface area contributed by atoms with E-state index in [0.717, 1.165) is 5.39 Å². The van der Waals surface area contributed by atoms with Crippen molar-refractivity contribution < 1.29 is 21.1 Å². The van der Waals surface area contributed by atoms with E-state index in [1.165, 1.54) is 0 Å². The fourth-order valence-electron chi connectivity index (χ4n) is 1.09. The second kappa shape index (κ2) is 2.77. The molecule has 1 heterocycles. The van der Waals surface area contributed by atoms with Gasteiger partial charge in [0, 0.05) is 0 Å². The second-order valence-corrected chi connectivity index (χ2v) is 2.93. The van der Waals surface area contributed by atoms with Crippen LogP contribution >= 0.6 is 0 Å². The van der Waals surface area contributed by atoms with Crippen LogP contribution in [-0.2, 0) is 16.0 Å². The van der Waals surface area contributed by atoms with E-state index in [9.17, 15) is 5.11 Å². The number of phenolic OH excluding ortho intramolecular Hbond substituents is 1. The van der Waals surface area contributed by atoms with Crippen molar-refractivity contribution in [2.45, 2.75) is 0 Å². The van der Waals surface area contributed by atoms with E-state index in [4.69, 9.17) is 16.0 Å². The number of benzene rings is 1. The maximum atomic E-state index is 9.38. The van der Waals surface area contributed by atoms with E-state index >= 15 is 0 Å². The first-order chi connectivity index (χ1) is 5.77. The van der Waals surface area contributed by atoms with Gasteiger partial charge in [0.05, 0.1) is 0 Å². The van der Waals surface area contributed by atoms with Crippen LogP contribution < -0.4 is 4.59 Å². The molecule has 0 bridgehead atoms. The number of aromatic nitrogens is 1. The molecule has 2 rings (SSSR count). The SMILES string of the molecule is Oc1cccc2cc[c]([Cu])nc12. The van der Waals surface area contributed by atoms with E-state index in [-0.39, 0.29) is 5.75 Å². The summed E-state index contributed by atoms with van der Waals surface area (Å²) in [6.45, 7) is 0. The predicted molar refractivity (Wildman–Crippen MR) is 43.0 cm³/mol. The maximum absolute atomic E-state index is 9.38. The molecule has 0 saturated carbocycles. The molecule has 1 aromatic heterocycles. The van der Waals surface area contributed by atoms with Crippen LogP contribution in [0.2, 0.25) is 0 Å². The van der Waals surface area contributed by atoms with Gasteiger partial charge in [0.15, 0.2) is 0 Å². The van der Waals surface area contributed by atoms with E-state index in [1.807, 2.05) is 12.1 Å². The topological polar surface area (TPSA) is 33.1 Å². The summed E-state index contributed by atoms with van der Waals surface area (Å²) in [7, 11) is 0. The van der Waals surface area contributed by atoms with Gasteiger partial charge in [0.2, 0.25) is 0 Å². The van der Waals surface area contributed by atoms with Crippen molar-refractivity contribution in [1.82, 2.24) is 4.98 Å². The number of hydrogen-bond acceptors (Lipinski definition) is 2. The van der Waals surface area contributed by atoms with Gasteiger partial charge in [-0.15, -0.1) is 0 Å². The minimum absolute atomic E-state index is 0.176. The van der Waals surface area contributed by atoms with Crippen LogP contribution in [0.15, 0.2) is 30.3 Å². The number of rotatable bonds is 0. The Morgan fingerprint density at radius 2 is 2.00 bits per heavy atom. The molecule has 2 nitrogen and oxygen atoms in total. The molecule has 0 spiro atoms. The number of fused-ring (bicyclic) bond motifs is 1. The minimum atomic E-state index is 0.176. The summed E-state index contributed by atoms with van der Waals surface area (Å²) in [4.78, 5) is 4.03. The van der Waals surface area contributed by atoms with Crippen molar-refractivity contribution in [2.75, 3.05) is 0 Å². The third kappa shape index (κ3) is 1.17. The van der Waals surface area contributed by atoms with Crippen LogP contribution in [0.5, 0.6) is 5.75 Å². The van der Waals surface area contributed by atoms with Gasteiger partial charge in [-0.05, 0) is 0 Å². The van der Waals surface area contributed by atoms with Gasteiger partial charge in [0.25, 0.3) is 0 Å². The van der Waals surface area contributed by atoms with Crippen molar-refractivity contribution in [1.29, 1.82) is 0 Å². The molecule has 0 atom stereocenters. The molecule has 1 aromatic carbocycles. The average molecular weight is 208 g/mol. The Labute approximate surface area is 78.1 Å². The molecule has 0 fully saturated rings. The molecule has 0 aliphatic heterocycles. The Bertz CT molecular complexity index is 428. The number of aromatic hydroxyl groups is 1. The first-order valence-corrected chi connectivity index (χ1v) is 3.95. The van der Waals surface area contributed by atoms with Gasteiger partial charge in [-0.25, -0.2) is 0 Å². The fourth-order valence-corrected chi connectivity index (χ4v) is 1.28. The quantitative estimate of drug-likeness (QED) is 0.657. The molecule has 0 unspecified atom stereocenters. The molecule has 0 amide bonds. The molecule has 12 heavy (non-hydrogen) atoms. The molecule has 0 aliphatic rings. The monoisotopic (exact) mass is 207 g/mol. The van der Waals surface area contributed by atoms with Gasteiger partial charge in [-0.3, -0.25) is 0 Å². The molecule has 0 radical (unpaired) electrons. The predicted octanol–water partition coefficient (Wildman–Crippen LogP) is 1.11. The standard InChI is InChI=1S/C9H6NO.Cu/c11-8-5-1-3-7-4-2-6-10-9(7)8;/h1-5,11H;. The summed E-state index contributed by atoms with van der Waals surface area (Å²) in [6, 6.07) is 8.85. The van der Waals surface area contributed by atoms with Gasteiger partial charge < -0.3 is 0 Å². The van der Waals surface area contributed by atoms with Crippen molar-refractivity contribution in [3.05, 3.63) is 30.3 Å².